The van der Waals surface area contributed by atoms with E-state index in [0.29, 0.717) is 10.6 Å². The van der Waals surface area contributed by atoms with Crippen molar-refractivity contribution in [1.82, 2.24) is 0 Å². The van der Waals surface area contributed by atoms with E-state index in [1.165, 1.54) is 19.2 Å². The SMILES string of the molecule is Cc1ccc(NC(=O)[C@H](C)OC(=O)c2ccccc2[S@@](C)=O)c(C)c1. The van der Waals surface area contributed by atoms with Crippen LogP contribution in [-0.2, 0) is 20.3 Å². The first-order chi connectivity index (χ1) is 11.8. The Morgan fingerprint density at radius 2 is 1.80 bits per heavy atom. The lowest BCUT2D eigenvalue weighted by atomic mass is 10.1. The molecule has 1 N–H and O–H groups in total. The second kappa shape index (κ2) is 8.07. The number of benzene rings is 2. The lowest BCUT2D eigenvalue weighted by Gasteiger charge is -2.15. The number of ether oxygens (including phenoxy) is 1. The van der Waals surface area contributed by atoms with E-state index in [1.54, 1.807) is 18.2 Å². The van der Waals surface area contributed by atoms with E-state index in [1.807, 2.05) is 32.0 Å². The Hall–Kier alpha value is -2.47. The fraction of sp³-hybridized carbons (Fsp3) is 0.263. The van der Waals surface area contributed by atoms with Crippen LogP contribution in [0.3, 0.4) is 0 Å². The van der Waals surface area contributed by atoms with Crippen LogP contribution in [0.4, 0.5) is 5.69 Å². The van der Waals surface area contributed by atoms with Crippen LogP contribution in [0.15, 0.2) is 47.4 Å². The molecule has 0 aliphatic rings. The number of rotatable bonds is 5. The fourth-order valence-electron chi connectivity index (χ4n) is 2.35. The third-order valence-corrected chi connectivity index (χ3v) is 4.68. The van der Waals surface area contributed by atoms with Gasteiger partial charge in [-0.3, -0.25) is 9.00 Å². The van der Waals surface area contributed by atoms with E-state index in [2.05, 4.69) is 5.32 Å². The molecule has 0 fully saturated rings. The summed E-state index contributed by atoms with van der Waals surface area (Å²) in [6.07, 6.45) is 0.508. The van der Waals surface area contributed by atoms with E-state index >= 15 is 0 Å². The van der Waals surface area contributed by atoms with Gasteiger partial charge in [0.05, 0.1) is 21.3 Å². The van der Waals surface area contributed by atoms with E-state index in [-0.39, 0.29) is 5.56 Å². The van der Waals surface area contributed by atoms with Crippen LogP contribution in [0, 0.1) is 13.8 Å². The minimum atomic E-state index is -1.32. The average molecular weight is 359 g/mol. The van der Waals surface area contributed by atoms with Gasteiger partial charge in [0.15, 0.2) is 6.10 Å². The fourth-order valence-corrected chi connectivity index (χ4v) is 3.08. The van der Waals surface area contributed by atoms with Crippen molar-refractivity contribution in [2.75, 3.05) is 11.6 Å². The molecule has 1 amide bonds. The largest absolute Gasteiger partial charge is 0.449 e. The molecule has 0 spiro atoms. The second-order valence-electron chi connectivity index (χ2n) is 5.81. The molecule has 6 heteroatoms. The normalized spacial score (nSPS) is 13.0. The number of carbonyl (C=O) groups is 2. The molecule has 0 aromatic heterocycles. The molecule has 25 heavy (non-hydrogen) atoms. The molecule has 132 valence electrons. The number of aryl methyl sites for hydroxylation is 2. The monoisotopic (exact) mass is 359 g/mol. The summed E-state index contributed by atoms with van der Waals surface area (Å²) in [5, 5.41) is 2.76. The summed E-state index contributed by atoms with van der Waals surface area (Å²) in [5.41, 5.74) is 2.90. The molecular formula is C19H21NO4S. The molecule has 2 aromatic carbocycles. The van der Waals surface area contributed by atoms with Crippen molar-refractivity contribution in [1.29, 1.82) is 0 Å². The lowest BCUT2D eigenvalue weighted by Crippen LogP contribution is -2.30. The number of nitrogens with one attached hydrogen (secondary N) is 1. The molecule has 5 nitrogen and oxygen atoms in total. The van der Waals surface area contributed by atoms with Gasteiger partial charge in [0.1, 0.15) is 0 Å². The molecule has 2 atom stereocenters. The summed E-state index contributed by atoms with van der Waals surface area (Å²) >= 11 is 0. The Balaban J connectivity index is 2.08. The number of amides is 1. The summed E-state index contributed by atoms with van der Waals surface area (Å²) < 4.78 is 17.0. The first kappa shape index (κ1) is 18.9. The second-order valence-corrected chi connectivity index (χ2v) is 7.15. The molecule has 0 radical (unpaired) electrons. The highest BCUT2D eigenvalue weighted by molar-refractivity contribution is 7.84. The third kappa shape index (κ3) is 4.76. The smallest absolute Gasteiger partial charge is 0.340 e. The van der Waals surface area contributed by atoms with E-state index < -0.39 is 28.8 Å². The van der Waals surface area contributed by atoms with E-state index in [4.69, 9.17) is 4.74 Å². The molecule has 0 bridgehead atoms. The van der Waals surface area contributed by atoms with Crippen LogP contribution in [0.2, 0.25) is 0 Å². The summed E-state index contributed by atoms with van der Waals surface area (Å²) in [7, 11) is -1.32. The van der Waals surface area contributed by atoms with Gasteiger partial charge in [-0.15, -0.1) is 0 Å². The standard InChI is InChI=1S/C19H21NO4S/c1-12-9-10-16(13(2)11-12)20-18(21)14(3)24-19(22)15-7-5-6-8-17(15)25(4)23/h5-11,14H,1-4H3,(H,20,21)/t14-,25+/m0/s1. The minimum Gasteiger partial charge on any atom is -0.449 e. The summed E-state index contributed by atoms with van der Waals surface area (Å²) in [5.74, 6) is -1.09. The Morgan fingerprint density at radius 3 is 2.44 bits per heavy atom. The van der Waals surface area contributed by atoms with Crippen LogP contribution in [-0.4, -0.2) is 28.4 Å². The van der Waals surface area contributed by atoms with Crippen LogP contribution in [0.25, 0.3) is 0 Å². The maximum absolute atomic E-state index is 12.3. The minimum absolute atomic E-state index is 0.203. The molecule has 2 rings (SSSR count). The van der Waals surface area contributed by atoms with Gasteiger partial charge in [-0.25, -0.2) is 4.79 Å². The van der Waals surface area contributed by atoms with Gasteiger partial charge in [0, 0.05) is 11.9 Å². The van der Waals surface area contributed by atoms with Gasteiger partial charge in [0.25, 0.3) is 5.91 Å². The maximum atomic E-state index is 12.3. The van der Waals surface area contributed by atoms with Crippen molar-refractivity contribution in [3.8, 4) is 0 Å². The Labute approximate surface area is 149 Å². The first-order valence-corrected chi connectivity index (χ1v) is 9.37. The van der Waals surface area contributed by atoms with Crippen LogP contribution >= 0.6 is 0 Å². The number of esters is 1. The highest BCUT2D eigenvalue weighted by atomic mass is 32.2. The molecule has 0 saturated heterocycles. The number of hydrogen-bond acceptors (Lipinski definition) is 4. The van der Waals surface area contributed by atoms with Crippen molar-refractivity contribution in [2.45, 2.75) is 31.8 Å². The van der Waals surface area contributed by atoms with E-state index in [0.717, 1.165) is 11.1 Å². The molecule has 2 aromatic rings. The average Bonchev–Trinajstić information content (AvgIpc) is 2.57. The van der Waals surface area contributed by atoms with Crippen molar-refractivity contribution < 1.29 is 18.5 Å². The van der Waals surface area contributed by atoms with Gasteiger partial charge in [0.2, 0.25) is 0 Å². The molecular weight excluding hydrogens is 338 g/mol. The Kier molecular flexibility index (Phi) is 6.09. The number of anilines is 1. The molecule has 0 unspecified atom stereocenters. The molecule has 0 saturated carbocycles. The number of carbonyl (C=O) groups excluding carboxylic acids is 2. The van der Waals surface area contributed by atoms with Crippen LogP contribution in [0.5, 0.6) is 0 Å². The van der Waals surface area contributed by atoms with Crippen LogP contribution in [0.1, 0.15) is 28.4 Å². The van der Waals surface area contributed by atoms with Gasteiger partial charge in [-0.05, 0) is 44.5 Å². The predicted octanol–water partition coefficient (Wildman–Crippen LogP) is 3.22. The summed E-state index contributed by atoms with van der Waals surface area (Å²) in [6, 6.07) is 12.2. The van der Waals surface area contributed by atoms with Crippen molar-refractivity contribution in [3.05, 3.63) is 59.2 Å². The topological polar surface area (TPSA) is 72.5 Å². The van der Waals surface area contributed by atoms with Gasteiger partial charge < -0.3 is 10.1 Å². The highest BCUT2D eigenvalue weighted by Gasteiger charge is 2.22. The van der Waals surface area contributed by atoms with Gasteiger partial charge in [-0.1, -0.05) is 29.8 Å². The summed E-state index contributed by atoms with van der Waals surface area (Å²) in [4.78, 5) is 25.0. The van der Waals surface area contributed by atoms with Crippen molar-refractivity contribution in [2.24, 2.45) is 0 Å². The molecule has 0 heterocycles. The zero-order chi connectivity index (χ0) is 18.6. The zero-order valence-corrected chi connectivity index (χ0v) is 15.5. The van der Waals surface area contributed by atoms with Gasteiger partial charge >= 0.3 is 5.97 Å². The zero-order valence-electron chi connectivity index (χ0n) is 14.7. The quantitative estimate of drug-likeness (QED) is 0.832. The molecule has 0 aliphatic carbocycles. The Bertz CT molecular complexity index is 832. The predicted molar refractivity (Wildman–Crippen MR) is 98.2 cm³/mol. The molecule has 0 aliphatic heterocycles. The first-order valence-electron chi connectivity index (χ1n) is 7.81. The summed E-state index contributed by atoms with van der Waals surface area (Å²) in [6.45, 7) is 5.37. The third-order valence-electron chi connectivity index (χ3n) is 3.71. The Morgan fingerprint density at radius 1 is 1.12 bits per heavy atom. The van der Waals surface area contributed by atoms with E-state index in [9.17, 15) is 13.8 Å². The van der Waals surface area contributed by atoms with Crippen LogP contribution < -0.4 is 5.32 Å². The van der Waals surface area contributed by atoms with Crippen molar-refractivity contribution >= 4 is 28.4 Å². The highest BCUT2D eigenvalue weighted by Crippen LogP contribution is 2.18. The van der Waals surface area contributed by atoms with Gasteiger partial charge in [-0.2, -0.15) is 0 Å². The number of hydrogen-bond donors (Lipinski definition) is 1. The maximum Gasteiger partial charge on any atom is 0.340 e. The van der Waals surface area contributed by atoms with Crippen molar-refractivity contribution in [3.63, 3.8) is 0 Å². The lowest BCUT2D eigenvalue weighted by molar-refractivity contribution is -0.123.